The van der Waals surface area contributed by atoms with E-state index < -0.39 is 15.2 Å². The van der Waals surface area contributed by atoms with Gasteiger partial charge in [0.1, 0.15) is 0 Å². The van der Waals surface area contributed by atoms with Gasteiger partial charge in [0.05, 0.1) is 11.9 Å². The van der Waals surface area contributed by atoms with E-state index in [4.69, 9.17) is 0 Å². The lowest BCUT2D eigenvalue weighted by Gasteiger charge is -2.22. The zero-order chi connectivity index (χ0) is 13.5. The van der Waals surface area contributed by atoms with Crippen LogP contribution >= 0.6 is 0 Å². The number of nitrogens with one attached hydrogen (secondary N) is 1. The van der Waals surface area contributed by atoms with Gasteiger partial charge in [-0.15, -0.1) is 0 Å². The van der Waals surface area contributed by atoms with Crippen molar-refractivity contribution in [3.8, 4) is 0 Å². The number of rotatable bonds is 2. The van der Waals surface area contributed by atoms with E-state index in [1.807, 2.05) is 13.1 Å². The van der Waals surface area contributed by atoms with Crippen LogP contribution in [0.5, 0.6) is 0 Å². The third-order valence-electron chi connectivity index (χ3n) is 4.43. The standard InChI is InChI=1S/C13H21N3O2S/c1-10-12(11-4-6-14-7-5-11)9-15-16(10)13-3-2-8-19(13,17)18/h9,11,13-14H,2-8H2,1H3. The molecule has 0 saturated carbocycles. The Hall–Kier alpha value is -0.880. The second kappa shape index (κ2) is 4.90. The third-order valence-corrected chi connectivity index (χ3v) is 6.55. The summed E-state index contributed by atoms with van der Waals surface area (Å²) >= 11 is 0. The van der Waals surface area contributed by atoms with Gasteiger partial charge in [-0.3, -0.25) is 4.68 Å². The Bertz CT molecular complexity index is 558. The number of sulfone groups is 1. The first-order valence-corrected chi connectivity index (χ1v) is 8.77. The normalized spacial score (nSPS) is 27.7. The molecule has 106 valence electrons. The van der Waals surface area contributed by atoms with Crippen molar-refractivity contribution >= 4 is 9.84 Å². The minimum atomic E-state index is -2.99. The molecule has 1 aromatic rings. The SMILES string of the molecule is Cc1c(C2CCNCC2)cnn1C1CCCS1(=O)=O. The fraction of sp³-hybridized carbons (Fsp3) is 0.769. The Morgan fingerprint density at radius 2 is 2.05 bits per heavy atom. The Morgan fingerprint density at radius 3 is 2.68 bits per heavy atom. The van der Waals surface area contributed by atoms with Gasteiger partial charge in [-0.05, 0) is 57.2 Å². The third kappa shape index (κ3) is 2.31. The molecule has 2 aliphatic rings. The highest BCUT2D eigenvalue weighted by Gasteiger charge is 2.35. The van der Waals surface area contributed by atoms with Crippen molar-refractivity contribution in [3.05, 3.63) is 17.5 Å². The molecular formula is C13H21N3O2S. The summed E-state index contributed by atoms with van der Waals surface area (Å²) in [5, 5.41) is 7.31. The average molecular weight is 283 g/mol. The van der Waals surface area contributed by atoms with Crippen molar-refractivity contribution < 1.29 is 8.42 Å². The summed E-state index contributed by atoms with van der Waals surface area (Å²) in [5.41, 5.74) is 2.28. The van der Waals surface area contributed by atoms with Crippen LogP contribution in [0.25, 0.3) is 0 Å². The molecule has 0 bridgehead atoms. The molecule has 1 aromatic heterocycles. The van der Waals surface area contributed by atoms with Crippen molar-refractivity contribution in [1.29, 1.82) is 0 Å². The second-order valence-corrected chi connectivity index (χ2v) is 7.90. The van der Waals surface area contributed by atoms with Crippen LogP contribution in [-0.4, -0.2) is 37.0 Å². The monoisotopic (exact) mass is 283 g/mol. The molecule has 1 N–H and O–H groups in total. The lowest BCUT2D eigenvalue weighted by molar-refractivity contribution is 0.457. The van der Waals surface area contributed by atoms with E-state index in [1.54, 1.807) is 4.68 Å². The van der Waals surface area contributed by atoms with Gasteiger partial charge in [0.15, 0.2) is 15.2 Å². The molecule has 0 aromatic carbocycles. The maximum atomic E-state index is 12.0. The summed E-state index contributed by atoms with van der Waals surface area (Å²) in [6, 6.07) is 0. The zero-order valence-corrected chi connectivity index (χ0v) is 12.1. The summed E-state index contributed by atoms with van der Waals surface area (Å²) in [7, 11) is -2.99. The van der Waals surface area contributed by atoms with Gasteiger partial charge in [-0.25, -0.2) is 8.42 Å². The summed E-state index contributed by atoms with van der Waals surface area (Å²) in [5.74, 6) is 0.832. The van der Waals surface area contributed by atoms with Crippen LogP contribution in [0.1, 0.15) is 48.2 Å². The molecule has 6 heteroatoms. The number of nitrogens with zero attached hydrogens (tertiary/aromatic N) is 2. The maximum absolute atomic E-state index is 12.0. The molecule has 0 radical (unpaired) electrons. The molecule has 2 saturated heterocycles. The number of hydrogen-bond donors (Lipinski definition) is 1. The fourth-order valence-corrected chi connectivity index (χ4v) is 5.19. The minimum Gasteiger partial charge on any atom is -0.317 e. The van der Waals surface area contributed by atoms with Gasteiger partial charge >= 0.3 is 0 Å². The second-order valence-electron chi connectivity index (χ2n) is 5.62. The molecule has 1 atom stereocenters. The van der Waals surface area contributed by atoms with Gasteiger partial charge < -0.3 is 5.32 Å². The topological polar surface area (TPSA) is 64.0 Å². The van der Waals surface area contributed by atoms with Gasteiger partial charge in [-0.2, -0.15) is 5.10 Å². The molecule has 3 rings (SSSR count). The zero-order valence-electron chi connectivity index (χ0n) is 11.3. The molecule has 2 fully saturated rings. The van der Waals surface area contributed by atoms with E-state index in [9.17, 15) is 8.42 Å². The Balaban J connectivity index is 1.90. The lowest BCUT2D eigenvalue weighted by atomic mass is 9.91. The smallest absolute Gasteiger partial charge is 0.173 e. The van der Waals surface area contributed by atoms with Crippen LogP contribution in [-0.2, 0) is 9.84 Å². The summed E-state index contributed by atoms with van der Waals surface area (Å²) in [4.78, 5) is 0. The maximum Gasteiger partial charge on any atom is 0.173 e. The highest BCUT2D eigenvalue weighted by Crippen LogP contribution is 2.34. The molecule has 1 unspecified atom stereocenters. The van der Waals surface area contributed by atoms with E-state index in [0.29, 0.717) is 18.1 Å². The molecule has 0 spiro atoms. The summed E-state index contributed by atoms with van der Waals surface area (Å²) < 4.78 is 25.8. The summed E-state index contributed by atoms with van der Waals surface area (Å²) in [6.45, 7) is 4.09. The fourth-order valence-electron chi connectivity index (χ4n) is 3.31. The van der Waals surface area contributed by atoms with Crippen LogP contribution in [0, 0.1) is 6.92 Å². The van der Waals surface area contributed by atoms with Gasteiger partial charge in [0, 0.05) is 5.69 Å². The van der Waals surface area contributed by atoms with Crippen molar-refractivity contribution in [2.75, 3.05) is 18.8 Å². The summed E-state index contributed by atoms with van der Waals surface area (Å²) in [6.07, 6.45) is 5.58. The van der Waals surface area contributed by atoms with Crippen molar-refractivity contribution in [3.63, 3.8) is 0 Å². The Kier molecular flexibility index (Phi) is 3.39. The van der Waals surface area contributed by atoms with Crippen molar-refractivity contribution in [2.45, 2.75) is 43.9 Å². The Labute approximate surface area is 114 Å². The van der Waals surface area contributed by atoms with E-state index in [2.05, 4.69) is 10.4 Å². The highest BCUT2D eigenvalue weighted by atomic mass is 32.2. The molecule has 0 aliphatic carbocycles. The van der Waals surface area contributed by atoms with Crippen molar-refractivity contribution in [2.24, 2.45) is 0 Å². The van der Waals surface area contributed by atoms with E-state index in [1.165, 1.54) is 5.56 Å². The quantitative estimate of drug-likeness (QED) is 0.890. The van der Waals surface area contributed by atoms with Crippen LogP contribution in [0.4, 0.5) is 0 Å². The molecule has 2 aliphatic heterocycles. The van der Waals surface area contributed by atoms with E-state index in [-0.39, 0.29) is 0 Å². The minimum absolute atomic E-state index is 0.305. The predicted molar refractivity (Wildman–Crippen MR) is 73.9 cm³/mol. The first-order valence-electron chi connectivity index (χ1n) is 7.06. The van der Waals surface area contributed by atoms with E-state index in [0.717, 1.165) is 38.0 Å². The molecule has 0 amide bonds. The number of piperidine rings is 1. The highest BCUT2D eigenvalue weighted by molar-refractivity contribution is 7.91. The van der Waals surface area contributed by atoms with Gasteiger partial charge in [0.2, 0.25) is 0 Å². The average Bonchev–Trinajstić information content (AvgIpc) is 2.93. The van der Waals surface area contributed by atoms with Gasteiger partial charge in [0.25, 0.3) is 0 Å². The Morgan fingerprint density at radius 1 is 1.32 bits per heavy atom. The van der Waals surface area contributed by atoms with Gasteiger partial charge in [-0.1, -0.05) is 0 Å². The largest absolute Gasteiger partial charge is 0.317 e. The van der Waals surface area contributed by atoms with Crippen molar-refractivity contribution in [1.82, 2.24) is 15.1 Å². The van der Waals surface area contributed by atoms with Crippen LogP contribution in [0.15, 0.2) is 6.20 Å². The lowest BCUT2D eigenvalue weighted by Crippen LogP contribution is -2.27. The molecule has 3 heterocycles. The van der Waals surface area contributed by atoms with E-state index >= 15 is 0 Å². The van der Waals surface area contributed by atoms with Crippen LogP contribution in [0.3, 0.4) is 0 Å². The predicted octanol–water partition coefficient (Wildman–Crippen LogP) is 1.37. The van der Waals surface area contributed by atoms with Crippen LogP contribution < -0.4 is 5.32 Å². The van der Waals surface area contributed by atoms with Crippen LogP contribution in [0.2, 0.25) is 0 Å². The first-order chi connectivity index (χ1) is 9.09. The molecular weight excluding hydrogens is 262 g/mol. The number of hydrogen-bond acceptors (Lipinski definition) is 4. The number of aromatic nitrogens is 2. The molecule has 19 heavy (non-hydrogen) atoms. The molecule has 5 nitrogen and oxygen atoms in total. The first kappa shape index (κ1) is 13.1.